The molecule has 20 heavy (non-hydrogen) atoms. The summed E-state index contributed by atoms with van der Waals surface area (Å²) in [5, 5.41) is 3.50. The molecular formula is C13H15N3O4. The predicted octanol–water partition coefficient (Wildman–Crippen LogP) is 2.46. The van der Waals surface area contributed by atoms with Gasteiger partial charge in [0.1, 0.15) is 18.1 Å². The minimum Gasteiger partial charge on any atom is -0.497 e. The van der Waals surface area contributed by atoms with Crippen LogP contribution in [0.25, 0.3) is 10.4 Å². The predicted molar refractivity (Wildman–Crippen MR) is 70.6 cm³/mol. The second-order valence-electron chi connectivity index (χ2n) is 4.51. The van der Waals surface area contributed by atoms with E-state index in [-0.39, 0.29) is 19.1 Å². The molecule has 1 unspecified atom stereocenters. The van der Waals surface area contributed by atoms with Crippen molar-refractivity contribution in [2.24, 2.45) is 5.11 Å². The van der Waals surface area contributed by atoms with Crippen LogP contribution >= 0.6 is 0 Å². The number of azide groups is 1. The molecule has 1 aromatic carbocycles. The van der Waals surface area contributed by atoms with Gasteiger partial charge in [-0.1, -0.05) is 5.11 Å². The number of hydrogen-bond donors (Lipinski definition) is 0. The van der Waals surface area contributed by atoms with Crippen LogP contribution in [0.3, 0.4) is 0 Å². The Kier molecular flexibility index (Phi) is 4.32. The third-order valence-electron chi connectivity index (χ3n) is 3.10. The molecule has 1 aromatic rings. The second kappa shape index (κ2) is 6.16. The normalized spacial score (nSPS) is 20.9. The highest BCUT2D eigenvalue weighted by Crippen LogP contribution is 2.29. The monoisotopic (exact) mass is 277 g/mol. The van der Waals surface area contributed by atoms with E-state index in [4.69, 9.17) is 19.7 Å². The topological polar surface area (TPSA) is 93.5 Å². The average molecular weight is 277 g/mol. The molecule has 2 rings (SSSR count). The number of nitrogens with zero attached hydrogens (tertiary/aromatic N) is 3. The van der Waals surface area contributed by atoms with Crippen molar-refractivity contribution in [2.45, 2.75) is 18.4 Å². The van der Waals surface area contributed by atoms with Crippen molar-refractivity contribution >= 4 is 5.97 Å². The van der Waals surface area contributed by atoms with E-state index in [0.29, 0.717) is 18.6 Å². The lowest BCUT2D eigenvalue weighted by Gasteiger charge is -2.25. The van der Waals surface area contributed by atoms with Gasteiger partial charge in [-0.25, -0.2) is 0 Å². The maximum absolute atomic E-state index is 11.3. The van der Waals surface area contributed by atoms with Crippen LogP contribution in [0, 0.1) is 0 Å². The molecule has 1 fully saturated rings. The standard InChI is InChI=1S/C13H15N3O4/c1-18-10-2-4-11(5-3-10)19-9-13(8-15-16-14)7-6-12(17)20-13/h2-5H,6-9H2,1H3. The first-order valence-electron chi connectivity index (χ1n) is 6.17. The zero-order valence-electron chi connectivity index (χ0n) is 11.1. The first-order chi connectivity index (χ1) is 9.67. The Labute approximate surface area is 116 Å². The minimum absolute atomic E-state index is 0.0748. The van der Waals surface area contributed by atoms with Crippen LogP contribution in [0.15, 0.2) is 29.4 Å². The Morgan fingerprint density at radius 2 is 2.10 bits per heavy atom. The van der Waals surface area contributed by atoms with Gasteiger partial charge in [-0.2, -0.15) is 0 Å². The van der Waals surface area contributed by atoms with Crippen molar-refractivity contribution in [3.8, 4) is 11.5 Å². The molecule has 0 amide bonds. The van der Waals surface area contributed by atoms with Crippen LogP contribution < -0.4 is 9.47 Å². The van der Waals surface area contributed by atoms with Gasteiger partial charge in [-0.15, -0.1) is 0 Å². The van der Waals surface area contributed by atoms with Crippen LogP contribution in [0.5, 0.6) is 11.5 Å². The Bertz CT molecular complexity index is 525. The van der Waals surface area contributed by atoms with Crippen LogP contribution in [-0.2, 0) is 9.53 Å². The molecule has 1 heterocycles. The van der Waals surface area contributed by atoms with E-state index in [0.717, 1.165) is 5.75 Å². The molecule has 1 atom stereocenters. The lowest BCUT2D eigenvalue weighted by molar-refractivity contribution is -0.149. The smallest absolute Gasteiger partial charge is 0.306 e. The molecule has 0 saturated carbocycles. The summed E-state index contributed by atoms with van der Waals surface area (Å²) < 4.78 is 15.9. The highest BCUT2D eigenvalue weighted by atomic mass is 16.6. The Hall–Kier alpha value is -2.40. The summed E-state index contributed by atoms with van der Waals surface area (Å²) in [7, 11) is 1.59. The van der Waals surface area contributed by atoms with Gasteiger partial charge in [0.05, 0.1) is 13.7 Å². The maximum atomic E-state index is 11.3. The number of benzene rings is 1. The third kappa shape index (κ3) is 3.33. The second-order valence-corrected chi connectivity index (χ2v) is 4.51. The lowest BCUT2D eigenvalue weighted by atomic mass is 10.0. The number of carbonyl (C=O) groups excluding carboxylic acids is 1. The number of cyclic esters (lactones) is 1. The lowest BCUT2D eigenvalue weighted by Crippen LogP contribution is -2.39. The number of ether oxygens (including phenoxy) is 3. The maximum Gasteiger partial charge on any atom is 0.306 e. The van der Waals surface area contributed by atoms with Crippen LogP contribution in [0.1, 0.15) is 12.8 Å². The largest absolute Gasteiger partial charge is 0.497 e. The average Bonchev–Trinajstić information content (AvgIpc) is 2.85. The van der Waals surface area contributed by atoms with Crippen LogP contribution in [-0.4, -0.2) is 31.8 Å². The van der Waals surface area contributed by atoms with Gasteiger partial charge in [-0.05, 0) is 29.8 Å². The molecule has 1 saturated heterocycles. The third-order valence-corrected chi connectivity index (χ3v) is 3.10. The summed E-state index contributed by atoms with van der Waals surface area (Å²) in [6.07, 6.45) is 0.800. The molecule has 7 heteroatoms. The highest BCUT2D eigenvalue weighted by Gasteiger charge is 2.40. The van der Waals surface area contributed by atoms with E-state index in [1.807, 2.05) is 0 Å². The van der Waals surface area contributed by atoms with E-state index in [2.05, 4.69) is 10.0 Å². The van der Waals surface area contributed by atoms with E-state index < -0.39 is 5.60 Å². The number of esters is 1. The SMILES string of the molecule is COc1ccc(OCC2(CN=[N+]=[N-])CCC(=O)O2)cc1. The first kappa shape index (κ1) is 14.0. The van der Waals surface area contributed by atoms with E-state index in [9.17, 15) is 4.79 Å². The van der Waals surface area contributed by atoms with Crippen molar-refractivity contribution < 1.29 is 19.0 Å². The quantitative estimate of drug-likeness (QED) is 0.345. The fourth-order valence-electron chi connectivity index (χ4n) is 1.98. The number of carbonyl (C=O) groups is 1. The van der Waals surface area contributed by atoms with E-state index in [1.165, 1.54) is 0 Å². The molecule has 0 bridgehead atoms. The van der Waals surface area contributed by atoms with Gasteiger partial charge in [-0.3, -0.25) is 4.79 Å². The van der Waals surface area contributed by atoms with Gasteiger partial charge in [0.15, 0.2) is 5.60 Å². The number of rotatable bonds is 6. The molecule has 0 aromatic heterocycles. The number of methoxy groups -OCH3 is 1. The molecule has 106 valence electrons. The Morgan fingerprint density at radius 1 is 1.40 bits per heavy atom. The molecule has 0 spiro atoms. The molecule has 0 aliphatic carbocycles. The van der Waals surface area contributed by atoms with Crippen molar-refractivity contribution in [1.29, 1.82) is 0 Å². The molecule has 1 aliphatic heterocycles. The molecular weight excluding hydrogens is 262 g/mol. The van der Waals surface area contributed by atoms with Crippen molar-refractivity contribution in [3.05, 3.63) is 34.7 Å². The summed E-state index contributed by atoms with van der Waals surface area (Å²) in [4.78, 5) is 14.0. The Balaban J connectivity index is 2.01. The molecule has 0 N–H and O–H groups in total. The van der Waals surface area contributed by atoms with Crippen molar-refractivity contribution in [1.82, 2.24) is 0 Å². The summed E-state index contributed by atoms with van der Waals surface area (Å²) >= 11 is 0. The van der Waals surface area contributed by atoms with Gasteiger partial charge < -0.3 is 14.2 Å². The summed E-state index contributed by atoms with van der Waals surface area (Å²) in [5.74, 6) is 1.07. The minimum atomic E-state index is -0.858. The zero-order chi connectivity index (χ0) is 14.4. The molecule has 0 radical (unpaired) electrons. The fourth-order valence-corrected chi connectivity index (χ4v) is 1.98. The van der Waals surface area contributed by atoms with Crippen molar-refractivity contribution in [3.63, 3.8) is 0 Å². The van der Waals surface area contributed by atoms with E-state index >= 15 is 0 Å². The van der Waals surface area contributed by atoms with Gasteiger partial charge in [0.25, 0.3) is 0 Å². The van der Waals surface area contributed by atoms with Crippen molar-refractivity contribution in [2.75, 3.05) is 20.3 Å². The van der Waals surface area contributed by atoms with Gasteiger partial charge >= 0.3 is 5.97 Å². The Morgan fingerprint density at radius 3 is 2.65 bits per heavy atom. The summed E-state index contributed by atoms with van der Waals surface area (Å²) in [6, 6.07) is 7.07. The van der Waals surface area contributed by atoms with Gasteiger partial charge in [0, 0.05) is 17.8 Å². The fraction of sp³-hybridized carbons (Fsp3) is 0.462. The summed E-state index contributed by atoms with van der Waals surface area (Å²) in [6.45, 7) is 0.232. The number of hydrogen-bond acceptors (Lipinski definition) is 5. The molecule has 7 nitrogen and oxygen atoms in total. The van der Waals surface area contributed by atoms with E-state index in [1.54, 1.807) is 31.4 Å². The molecule has 1 aliphatic rings. The highest BCUT2D eigenvalue weighted by molar-refractivity contribution is 5.72. The van der Waals surface area contributed by atoms with Crippen LogP contribution in [0.2, 0.25) is 0 Å². The first-order valence-corrected chi connectivity index (χ1v) is 6.17. The zero-order valence-corrected chi connectivity index (χ0v) is 11.1. The van der Waals surface area contributed by atoms with Gasteiger partial charge in [0.2, 0.25) is 0 Å². The van der Waals surface area contributed by atoms with Crippen LogP contribution in [0.4, 0.5) is 0 Å². The summed E-state index contributed by atoms with van der Waals surface area (Å²) in [5.41, 5.74) is 7.56.